The molecule has 1 amide bonds. The average molecular weight is 316 g/mol. The number of halogens is 1. The van der Waals surface area contributed by atoms with E-state index in [2.05, 4.69) is 6.58 Å². The van der Waals surface area contributed by atoms with Gasteiger partial charge in [-0.25, -0.2) is 8.42 Å². The van der Waals surface area contributed by atoms with E-state index in [-0.39, 0.29) is 10.5 Å². The van der Waals surface area contributed by atoms with Gasteiger partial charge in [0.15, 0.2) is 0 Å². The van der Waals surface area contributed by atoms with Gasteiger partial charge in [-0.1, -0.05) is 18.2 Å². The molecule has 0 unspecified atom stereocenters. The van der Waals surface area contributed by atoms with Crippen molar-refractivity contribution < 1.29 is 13.2 Å². The second-order valence-corrected chi connectivity index (χ2v) is 7.84. The van der Waals surface area contributed by atoms with E-state index in [4.69, 9.17) is 10.7 Å². The molecule has 0 aromatic heterocycles. The lowest BCUT2D eigenvalue weighted by Crippen LogP contribution is -2.46. The zero-order valence-electron chi connectivity index (χ0n) is 11.8. The summed E-state index contributed by atoms with van der Waals surface area (Å²) >= 11 is 0. The number of carbonyl (C=O) groups is 1. The van der Waals surface area contributed by atoms with Crippen molar-refractivity contribution in [2.75, 3.05) is 6.54 Å². The van der Waals surface area contributed by atoms with Crippen molar-refractivity contribution in [1.82, 2.24) is 4.90 Å². The van der Waals surface area contributed by atoms with Gasteiger partial charge in [-0.2, -0.15) is 0 Å². The first-order valence-corrected chi connectivity index (χ1v) is 8.36. The summed E-state index contributed by atoms with van der Waals surface area (Å²) in [6.07, 6.45) is 1.60. The molecule has 0 aliphatic carbocycles. The molecule has 4 nitrogen and oxygen atoms in total. The van der Waals surface area contributed by atoms with Crippen LogP contribution in [0.4, 0.5) is 0 Å². The van der Waals surface area contributed by atoms with Crippen molar-refractivity contribution in [2.45, 2.75) is 31.2 Å². The van der Waals surface area contributed by atoms with Gasteiger partial charge in [-0.15, -0.1) is 6.58 Å². The number of carbonyl (C=O) groups excluding carboxylic acids is 1. The largest absolute Gasteiger partial charge is 0.330 e. The minimum Gasteiger partial charge on any atom is -0.330 e. The molecule has 0 atom stereocenters. The molecule has 1 rings (SSSR count). The number of amides is 1. The standard InChI is InChI=1S/C14H18ClNO3S/c1-5-10-16(14(2,3)4)13(17)11-8-6-7-9-12(11)20(15,18)19/h5-9H,1,10H2,2-4H3. The van der Waals surface area contributed by atoms with Crippen LogP contribution < -0.4 is 0 Å². The Hall–Kier alpha value is -1.33. The first-order chi connectivity index (χ1) is 9.09. The van der Waals surface area contributed by atoms with E-state index in [0.29, 0.717) is 6.54 Å². The maximum absolute atomic E-state index is 12.6. The van der Waals surface area contributed by atoms with Gasteiger partial charge in [-0.05, 0) is 32.9 Å². The molecule has 0 aliphatic heterocycles. The molecule has 0 aliphatic rings. The monoisotopic (exact) mass is 315 g/mol. The fourth-order valence-corrected chi connectivity index (χ4v) is 2.85. The Labute approximate surface area is 124 Å². The normalized spacial score (nSPS) is 12.0. The number of nitrogens with zero attached hydrogens (tertiary/aromatic N) is 1. The van der Waals surface area contributed by atoms with Gasteiger partial charge in [0.05, 0.1) is 10.5 Å². The molecule has 0 radical (unpaired) electrons. The van der Waals surface area contributed by atoms with Crippen LogP contribution in [0.3, 0.4) is 0 Å². The Bertz CT molecular complexity index is 618. The molecular formula is C14H18ClNO3S. The number of hydrogen-bond acceptors (Lipinski definition) is 3. The van der Waals surface area contributed by atoms with Crippen LogP contribution in [0.1, 0.15) is 31.1 Å². The zero-order chi connectivity index (χ0) is 15.6. The average Bonchev–Trinajstić information content (AvgIpc) is 2.32. The van der Waals surface area contributed by atoms with E-state index in [1.54, 1.807) is 17.0 Å². The lowest BCUT2D eigenvalue weighted by Gasteiger charge is -2.35. The molecule has 0 heterocycles. The minimum atomic E-state index is -3.97. The van der Waals surface area contributed by atoms with Crippen LogP contribution in [-0.4, -0.2) is 31.3 Å². The predicted molar refractivity (Wildman–Crippen MR) is 80.5 cm³/mol. The zero-order valence-corrected chi connectivity index (χ0v) is 13.3. The summed E-state index contributed by atoms with van der Waals surface area (Å²) in [6.45, 7) is 9.54. The van der Waals surface area contributed by atoms with Crippen molar-refractivity contribution in [3.8, 4) is 0 Å². The van der Waals surface area contributed by atoms with Crippen molar-refractivity contribution in [3.05, 3.63) is 42.5 Å². The highest BCUT2D eigenvalue weighted by atomic mass is 35.7. The van der Waals surface area contributed by atoms with Gasteiger partial charge in [-0.3, -0.25) is 4.79 Å². The summed E-state index contributed by atoms with van der Waals surface area (Å²) < 4.78 is 23.1. The molecule has 1 aromatic carbocycles. The second-order valence-electron chi connectivity index (χ2n) is 5.31. The highest BCUT2D eigenvalue weighted by molar-refractivity contribution is 8.13. The molecule has 20 heavy (non-hydrogen) atoms. The molecule has 6 heteroatoms. The van der Waals surface area contributed by atoms with E-state index >= 15 is 0 Å². The fourth-order valence-electron chi connectivity index (χ4n) is 1.79. The molecule has 0 spiro atoms. The molecular weight excluding hydrogens is 298 g/mol. The number of rotatable bonds is 4. The quantitative estimate of drug-likeness (QED) is 0.634. The number of hydrogen-bond donors (Lipinski definition) is 0. The SMILES string of the molecule is C=CCN(C(=O)c1ccccc1S(=O)(=O)Cl)C(C)(C)C. The fraction of sp³-hybridized carbons (Fsp3) is 0.357. The maximum Gasteiger partial charge on any atom is 0.262 e. The van der Waals surface area contributed by atoms with E-state index in [9.17, 15) is 13.2 Å². The summed E-state index contributed by atoms with van der Waals surface area (Å²) in [5, 5.41) is 0. The third-order valence-electron chi connectivity index (χ3n) is 2.75. The van der Waals surface area contributed by atoms with Crippen molar-refractivity contribution in [1.29, 1.82) is 0 Å². The Morgan fingerprint density at radius 3 is 2.35 bits per heavy atom. The molecule has 0 saturated carbocycles. The minimum absolute atomic E-state index is 0.0688. The van der Waals surface area contributed by atoms with Crippen molar-refractivity contribution >= 4 is 25.6 Å². The van der Waals surface area contributed by atoms with Crippen molar-refractivity contribution in [2.24, 2.45) is 0 Å². The lowest BCUT2D eigenvalue weighted by atomic mass is 10.0. The van der Waals surface area contributed by atoms with Crippen LogP contribution in [0.2, 0.25) is 0 Å². The van der Waals surface area contributed by atoms with E-state index < -0.39 is 20.5 Å². The van der Waals surface area contributed by atoms with Crippen LogP contribution in [-0.2, 0) is 9.05 Å². The molecule has 0 saturated heterocycles. The Morgan fingerprint density at radius 1 is 1.35 bits per heavy atom. The summed E-state index contributed by atoms with van der Waals surface area (Å²) in [6, 6.07) is 5.91. The second kappa shape index (κ2) is 5.97. The van der Waals surface area contributed by atoms with Crippen molar-refractivity contribution in [3.63, 3.8) is 0 Å². The van der Waals surface area contributed by atoms with Gasteiger partial charge in [0.2, 0.25) is 0 Å². The van der Waals surface area contributed by atoms with Crippen LogP contribution in [0.15, 0.2) is 41.8 Å². The molecule has 1 aromatic rings. The Kier molecular flexibility index (Phi) is 5.00. The van der Waals surface area contributed by atoms with Crippen LogP contribution in [0.25, 0.3) is 0 Å². The third kappa shape index (κ3) is 3.84. The van der Waals surface area contributed by atoms with Gasteiger partial charge < -0.3 is 4.90 Å². The van der Waals surface area contributed by atoms with E-state index in [1.165, 1.54) is 18.2 Å². The third-order valence-corrected chi connectivity index (χ3v) is 4.13. The first-order valence-electron chi connectivity index (χ1n) is 6.05. The van der Waals surface area contributed by atoms with Gasteiger partial charge >= 0.3 is 0 Å². The van der Waals surface area contributed by atoms with Gasteiger partial charge in [0.25, 0.3) is 15.0 Å². The highest BCUT2D eigenvalue weighted by Crippen LogP contribution is 2.24. The van der Waals surface area contributed by atoms with Crippen LogP contribution in [0, 0.1) is 0 Å². The Balaban J connectivity index is 3.37. The van der Waals surface area contributed by atoms with E-state index in [0.717, 1.165) is 0 Å². The molecule has 110 valence electrons. The topological polar surface area (TPSA) is 54.5 Å². The molecule has 0 bridgehead atoms. The summed E-state index contributed by atoms with van der Waals surface area (Å²) in [4.78, 5) is 14.0. The van der Waals surface area contributed by atoms with Crippen LogP contribution >= 0.6 is 10.7 Å². The van der Waals surface area contributed by atoms with Gasteiger partial charge in [0, 0.05) is 22.8 Å². The number of benzene rings is 1. The predicted octanol–water partition coefficient (Wildman–Crippen LogP) is 3.04. The smallest absolute Gasteiger partial charge is 0.262 e. The van der Waals surface area contributed by atoms with Crippen LogP contribution in [0.5, 0.6) is 0 Å². The van der Waals surface area contributed by atoms with Gasteiger partial charge in [0.1, 0.15) is 0 Å². The maximum atomic E-state index is 12.6. The lowest BCUT2D eigenvalue weighted by molar-refractivity contribution is 0.0612. The Morgan fingerprint density at radius 2 is 1.90 bits per heavy atom. The highest BCUT2D eigenvalue weighted by Gasteiger charge is 2.29. The first kappa shape index (κ1) is 16.7. The molecule has 0 N–H and O–H groups in total. The summed E-state index contributed by atoms with van der Waals surface area (Å²) in [5.74, 6) is -0.391. The summed E-state index contributed by atoms with van der Waals surface area (Å²) in [5.41, 5.74) is -0.395. The molecule has 0 fully saturated rings. The summed E-state index contributed by atoms with van der Waals surface area (Å²) in [7, 11) is 1.41. The van der Waals surface area contributed by atoms with E-state index in [1.807, 2.05) is 20.8 Å².